The molecule has 0 radical (unpaired) electrons. The van der Waals surface area contributed by atoms with Gasteiger partial charge in [0.2, 0.25) is 0 Å². The zero-order valence-electron chi connectivity index (χ0n) is 8.14. The average molecular weight is 415 g/mol. The van der Waals surface area contributed by atoms with Crippen LogP contribution in [-0.2, 0) is 0 Å². The molecule has 0 aliphatic carbocycles. The monoisotopic (exact) mass is 412 g/mol. The number of thiophene rings is 1. The van der Waals surface area contributed by atoms with Gasteiger partial charge in [-0.3, -0.25) is 4.79 Å². The Labute approximate surface area is 129 Å². The summed E-state index contributed by atoms with van der Waals surface area (Å²) >= 11 is 20.0. The molecule has 1 aromatic heterocycles. The molecule has 0 fully saturated rings. The van der Waals surface area contributed by atoms with Crippen LogP contribution in [0.4, 0.5) is 0 Å². The minimum Gasteiger partial charge on any atom is -0.288 e. The number of rotatable bonds is 2. The number of ketones is 1. The van der Waals surface area contributed by atoms with Crippen LogP contribution in [0.25, 0.3) is 0 Å². The summed E-state index contributed by atoms with van der Waals surface area (Å²) in [6.07, 6.45) is 0. The molecule has 2 rings (SSSR count). The molecular formula is C11H4Br2Cl2OS. The second-order valence-electron chi connectivity index (χ2n) is 3.19. The number of halogens is 4. The van der Waals surface area contributed by atoms with Crippen LogP contribution < -0.4 is 0 Å². The molecule has 88 valence electrons. The van der Waals surface area contributed by atoms with E-state index in [0.29, 0.717) is 21.2 Å². The summed E-state index contributed by atoms with van der Waals surface area (Å²) in [5, 5.41) is 0.886. The molecule has 0 N–H and O–H groups in total. The van der Waals surface area contributed by atoms with Gasteiger partial charge in [0.05, 0.1) is 12.6 Å². The quantitative estimate of drug-likeness (QED) is 0.566. The first kappa shape index (κ1) is 13.6. The van der Waals surface area contributed by atoms with E-state index in [-0.39, 0.29) is 5.78 Å². The highest BCUT2D eigenvalue weighted by atomic mass is 79.9. The van der Waals surface area contributed by atoms with Crippen LogP contribution in [0.2, 0.25) is 10.0 Å². The summed E-state index contributed by atoms with van der Waals surface area (Å²) in [4.78, 5) is 12.3. The van der Waals surface area contributed by atoms with Gasteiger partial charge in [0, 0.05) is 16.1 Å². The van der Waals surface area contributed by atoms with Crippen molar-refractivity contribution in [1.82, 2.24) is 0 Å². The molecule has 0 bridgehead atoms. The van der Waals surface area contributed by atoms with Gasteiger partial charge in [0.1, 0.15) is 0 Å². The Morgan fingerprint density at radius 1 is 1.12 bits per heavy atom. The highest BCUT2D eigenvalue weighted by Gasteiger charge is 2.18. The van der Waals surface area contributed by atoms with E-state index in [1.165, 1.54) is 11.3 Å². The Bertz CT molecular complexity index is 595. The fraction of sp³-hybridized carbons (Fsp3) is 0. The maximum Gasteiger partial charge on any atom is 0.196 e. The normalized spacial score (nSPS) is 10.6. The second kappa shape index (κ2) is 5.41. The molecule has 0 amide bonds. The SMILES string of the molecule is O=C(c1cc(Cl)ccc1Cl)c1cc(Br)sc1Br. The van der Waals surface area contributed by atoms with E-state index in [1.807, 2.05) is 0 Å². The van der Waals surface area contributed by atoms with Crippen molar-refractivity contribution in [2.24, 2.45) is 0 Å². The Hall–Kier alpha value is 0.130. The summed E-state index contributed by atoms with van der Waals surface area (Å²) < 4.78 is 1.65. The fourth-order valence-electron chi connectivity index (χ4n) is 1.31. The predicted molar refractivity (Wildman–Crippen MR) is 79.6 cm³/mol. The standard InChI is InChI=1S/C11H4Br2Cl2OS/c12-9-4-7(11(13)17-9)10(16)6-3-5(14)1-2-8(6)15/h1-4H. The van der Waals surface area contributed by atoms with E-state index in [4.69, 9.17) is 23.2 Å². The van der Waals surface area contributed by atoms with Crippen LogP contribution in [-0.4, -0.2) is 5.78 Å². The number of hydrogen-bond acceptors (Lipinski definition) is 2. The first-order valence-electron chi connectivity index (χ1n) is 4.43. The van der Waals surface area contributed by atoms with Gasteiger partial charge in [0.25, 0.3) is 0 Å². The predicted octanol–water partition coefficient (Wildman–Crippen LogP) is 5.81. The number of carbonyl (C=O) groups excluding carboxylic acids is 1. The molecular weight excluding hydrogens is 411 g/mol. The summed E-state index contributed by atoms with van der Waals surface area (Å²) in [5.74, 6) is -0.147. The number of carbonyl (C=O) groups is 1. The molecule has 1 heterocycles. The van der Waals surface area contributed by atoms with Gasteiger partial charge >= 0.3 is 0 Å². The molecule has 0 aliphatic heterocycles. The number of hydrogen-bond donors (Lipinski definition) is 0. The van der Waals surface area contributed by atoms with Crippen LogP contribution in [0.3, 0.4) is 0 Å². The molecule has 0 atom stereocenters. The average Bonchev–Trinajstić information content (AvgIpc) is 2.60. The van der Waals surface area contributed by atoms with Crippen molar-refractivity contribution in [3.05, 3.63) is 53.0 Å². The van der Waals surface area contributed by atoms with Crippen molar-refractivity contribution in [2.75, 3.05) is 0 Å². The van der Waals surface area contributed by atoms with Crippen LogP contribution >= 0.6 is 66.4 Å². The lowest BCUT2D eigenvalue weighted by Gasteiger charge is -2.03. The third kappa shape index (κ3) is 2.93. The summed E-state index contributed by atoms with van der Waals surface area (Å²) in [7, 11) is 0. The zero-order chi connectivity index (χ0) is 12.6. The Morgan fingerprint density at radius 2 is 1.82 bits per heavy atom. The topological polar surface area (TPSA) is 17.1 Å². The minimum atomic E-state index is -0.147. The van der Waals surface area contributed by atoms with Gasteiger partial charge in [0.15, 0.2) is 5.78 Å². The van der Waals surface area contributed by atoms with Crippen molar-refractivity contribution < 1.29 is 4.79 Å². The molecule has 1 nitrogen and oxygen atoms in total. The van der Waals surface area contributed by atoms with E-state index >= 15 is 0 Å². The van der Waals surface area contributed by atoms with Crippen molar-refractivity contribution in [2.45, 2.75) is 0 Å². The van der Waals surface area contributed by atoms with Gasteiger partial charge in [-0.1, -0.05) is 23.2 Å². The highest BCUT2D eigenvalue weighted by Crippen LogP contribution is 2.34. The van der Waals surface area contributed by atoms with Crippen LogP contribution in [0.5, 0.6) is 0 Å². The maximum absolute atomic E-state index is 12.3. The Morgan fingerprint density at radius 3 is 2.41 bits per heavy atom. The molecule has 0 saturated heterocycles. The summed E-state index contributed by atoms with van der Waals surface area (Å²) in [5.41, 5.74) is 0.983. The van der Waals surface area contributed by atoms with E-state index in [2.05, 4.69) is 31.9 Å². The van der Waals surface area contributed by atoms with Crippen molar-refractivity contribution in [3.8, 4) is 0 Å². The van der Waals surface area contributed by atoms with Crippen LogP contribution in [0.15, 0.2) is 31.8 Å². The molecule has 2 aromatic rings. The zero-order valence-corrected chi connectivity index (χ0v) is 13.6. The molecule has 0 saturated carbocycles. The lowest BCUT2D eigenvalue weighted by Crippen LogP contribution is -2.01. The summed E-state index contributed by atoms with van der Waals surface area (Å²) in [6, 6.07) is 6.60. The molecule has 0 unspecified atom stereocenters. The van der Waals surface area contributed by atoms with Crippen LogP contribution in [0.1, 0.15) is 15.9 Å². The van der Waals surface area contributed by atoms with Crippen molar-refractivity contribution in [1.29, 1.82) is 0 Å². The Balaban J connectivity index is 2.50. The van der Waals surface area contributed by atoms with Gasteiger partial charge < -0.3 is 0 Å². The van der Waals surface area contributed by atoms with E-state index in [1.54, 1.807) is 24.3 Å². The third-order valence-electron chi connectivity index (χ3n) is 2.07. The van der Waals surface area contributed by atoms with Crippen molar-refractivity contribution >= 4 is 72.2 Å². The maximum atomic E-state index is 12.3. The largest absolute Gasteiger partial charge is 0.288 e. The molecule has 0 aliphatic rings. The van der Waals surface area contributed by atoms with Crippen molar-refractivity contribution in [3.63, 3.8) is 0 Å². The Kier molecular flexibility index (Phi) is 4.31. The van der Waals surface area contributed by atoms with E-state index in [0.717, 1.165) is 7.57 Å². The van der Waals surface area contributed by atoms with Gasteiger partial charge in [-0.2, -0.15) is 0 Å². The second-order valence-corrected chi connectivity index (χ2v) is 7.78. The lowest BCUT2D eigenvalue weighted by atomic mass is 10.1. The molecule has 1 aromatic carbocycles. The summed E-state index contributed by atoms with van der Waals surface area (Å²) in [6.45, 7) is 0. The van der Waals surface area contributed by atoms with E-state index in [9.17, 15) is 4.79 Å². The van der Waals surface area contributed by atoms with E-state index < -0.39 is 0 Å². The first-order chi connectivity index (χ1) is 7.99. The molecule has 0 spiro atoms. The van der Waals surface area contributed by atoms with Gasteiger partial charge in [-0.25, -0.2) is 0 Å². The molecule has 17 heavy (non-hydrogen) atoms. The first-order valence-corrected chi connectivity index (χ1v) is 7.59. The van der Waals surface area contributed by atoms with Crippen LogP contribution in [0, 0.1) is 0 Å². The fourth-order valence-corrected chi connectivity index (χ4v) is 4.48. The minimum absolute atomic E-state index is 0.147. The number of benzene rings is 1. The lowest BCUT2D eigenvalue weighted by molar-refractivity contribution is 0.103. The molecule has 6 heteroatoms. The highest BCUT2D eigenvalue weighted by molar-refractivity contribution is 9.12. The van der Waals surface area contributed by atoms with Gasteiger partial charge in [-0.15, -0.1) is 11.3 Å². The van der Waals surface area contributed by atoms with Gasteiger partial charge in [-0.05, 0) is 56.1 Å². The third-order valence-corrected chi connectivity index (χ3v) is 4.98. The smallest absolute Gasteiger partial charge is 0.196 e.